The molecule has 1 aliphatic heterocycles. The minimum absolute atomic E-state index is 0. The number of halogens is 2. The third-order valence-corrected chi connectivity index (χ3v) is 4.33. The number of aryl methyl sites for hydroxylation is 1. The Kier molecular flexibility index (Phi) is 7.15. The predicted octanol–water partition coefficient (Wildman–Crippen LogP) is 2.48. The van der Waals surface area contributed by atoms with Crippen LogP contribution in [-0.4, -0.2) is 36.5 Å². The van der Waals surface area contributed by atoms with Gasteiger partial charge in [-0.3, -0.25) is 9.59 Å². The summed E-state index contributed by atoms with van der Waals surface area (Å²) in [6, 6.07) is 8.22. The number of carbonyl (C=O) groups is 2. The second-order valence-corrected chi connectivity index (χ2v) is 6.41. The number of nitrogens with two attached hydrogens (primary N) is 1. The second-order valence-electron chi connectivity index (χ2n) is 6.00. The molecule has 0 radical (unpaired) electrons. The Labute approximate surface area is 168 Å². The van der Waals surface area contributed by atoms with Gasteiger partial charge < -0.3 is 21.1 Å². The van der Waals surface area contributed by atoms with Gasteiger partial charge in [-0.2, -0.15) is 0 Å². The number of benzene rings is 1. The Hall–Kier alpha value is -2.19. The Morgan fingerprint density at radius 2 is 2.11 bits per heavy atom. The average Bonchev–Trinajstić information content (AvgIpc) is 2.62. The lowest BCUT2D eigenvalue weighted by Crippen LogP contribution is -2.33. The van der Waals surface area contributed by atoms with Crippen LogP contribution in [0.4, 0.5) is 5.69 Å². The number of primary amides is 1. The third kappa shape index (κ3) is 5.17. The number of ether oxygens (including phenoxy) is 1. The maximum atomic E-state index is 12.5. The van der Waals surface area contributed by atoms with Gasteiger partial charge >= 0.3 is 0 Å². The van der Waals surface area contributed by atoms with Gasteiger partial charge in [0.15, 0.2) is 0 Å². The monoisotopic (exact) mass is 410 g/mol. The number of amides is 2. The van der Waals surface area contributed by atoms with E-state index in [1.807, 2.05) is 6.07 Å². The van der Waals surface area contributed by atoms with E-state index >= 15 is 0 Å². The van der Waals surface area contributed by atoms with Crippen LogP contribution in [0.25, 0.3) is 0 Å². The number of rotatable bonds is 4. The van der Waals surface area contributed by atoms with Gasteiger partial charge in [0.25, 0.3) is 11.8 Å². The molecule has 144 valence electrons. The van der Waals surface area contributed by atoms with E-state index in [1.54, 1.807) is 25.1 Å². The zero-order valence-electron chi connectivity index (χ0n) is 14.6. The molecular weight excluding hydrogens is 391 g/mol. The summed E-state index contributed by atoms with van der Waals surface area (Å²) in [4.78, 5) is 27.8. The van der Waals surface area contributed by atoms with Gasteiger partial charge in [0.2, 0.25) is 0 Å². The van der Waals surface area contributed by atoms with Crippen LogP contribution in [0, 0.1) is 6.92 Å². The molecule has 1 atom stereocenters. The molecular formula is C18H20Cl2N4O3. The molecule has 1 fully saturated rings. The number of nitrogens with one attached hydrogen (secondary N) is 2. The molecule has 1 saturated heterocycles. The fourth-order valence-electron chi connectivity index (χ4n) is 2.76. The molecule has 0 saturated carbocycles. The number of aromatic nitrogens is 1. The van der Waals surface area contributed by atoms with Gasteiger partial charge in [-0.15, -0.1) is 12.4 Å². The highest BCUT2D eigenvalue weighted by atomic mass is 35.5. The highest BCUT2D eigenvalue weighted by Gasteiger charge is 2.19. The summed E-state index contributed by atoms with van der Waals surface area (Å²) in [6.07, 6.45) is -0.109. The van der Waals surface area contributed by atoms with Crippen LogP contribution in [0.2, 0.25) is 5.02 Å². The summed E-state index contributed by atoms with van der Waals surface area (Å²) in [5.41, 5.74) is 7.53. The van der Waals surface area contributed by atoms with Crippen molar-refractivity contribution in [2.45, 2.75) is 13.0 Å². The van der Waals surface area contributed by atoms with E-state index in [2.05, 4.69) is 15.6 Å². The maximum Gasteiger partial charge on any atom is 0.267 e. The number of morpholine rings is 1. The van der Waals surface area contributed by atoms with Crippen LogP contribution < -0.4 is 16.4 Å². The molecule has 7 nitrogen and oxygen atoms in total. The minimum atomic E-state index is -0.684. The zero-order chi connectivity index (χ0) is 18.7. The topological polar surface area (TPSA) is 106 Å². The van der Waals surface area contributed by atoms with E-state index in [0.29, 0.717) is 35.1 Å². The molecule has 0 spiro atoms. The molecule has 1 aromatic heterocycles. The maximum absolute atomic E-state index is 12.5. The Bertz CT molecular complexity index is 854. The van der Waals surface area contributed by atoms with Gasteiger partial charge in [-0.25, -0.2) is 4.98 Å². The number of pyridine rings is 1. The summed E-state index contributed by atoms with van der Waals surface area (Å²) < 4.78 is 5.70. The van der Waals surface area contributed by atoms with Crippen LogP contribution in [0.15, 0.2) is 30.3 Å². The van der Waals surface area contributed by atoms with E-state index in [4.69, 9.17) is 22.1 Å². The lowest BCUT2D eigenvalue weighted by Gasteiger charge is -2.25. The molecule has 0 unspecified atom stereocenters. The quantitative estimate of drug-likeness (QED) is 0.717. The van der Waals surface area contributed by atoms with Crippen LogP contribution in [0.1, 0.15) is 38.2 Å². The first-order valence-corrected chi connectivity index (χ1v) is 8.53. The summed E-state index contributed by atoms with van der Waals surface area (Å²) in [5.74, 6) is -1.06. The average molecular weight is 411 g/mol. The summed E-state index contributed by atoms with van der Waals surface area (Å²) in [6.45, 7) is 3.83. The van der Waals surface area contributed by atoms with Crippen LogP contribution in [-0.2, 0) is 4.74 Å². The van der Waals surface area contributed by atoms with E-state index < -0.39 is 5.91 Å². The van der Waals surface area contributed by atoms with E-state index in [0.717, 1.165) is 12.1 Å². The van der Waals surface area contributed by atoms with Gasteiger partial charge in [0, 0.05) is 40.6 Å². The van der Waals surface area contributed by atoms with Crippen molar-refractivity contribution in [3.63, 3.8) is 0 Å². The Morgan fingerprint density at radius 1 is 1.33 bits per heavy atom. The molecule has 27 heavy (non-hydrogen) atoms. The first kappa shape index (κ1) is 21.1. The highest BCUT2D eigenvalue weighted by Crippen LogP contribution is 2.29. The van der Waals surface area contributed by atoms with Gasteiger partial charge in [0.1, 0.15) is 5.69 Å². The Balaban J connectivity index is 0.00000261. The fourth-order valence-corrected chi connectivity index (χ4v) is 3.06. The summed E-state index contributed by atoms with van der Waals surface area (Å²) in [5, 5.41) is 6.53. The van der Waals surface area contributed by atoms with E-state index in [-0.39, 0.29) is 30.1 Å². The molecule has 0 aliphatic carbocycles. The lowest BCUT2D eigenvalue weighted by molar-refractivity contribution is 0.0278. The van der Waals surface area contributed by atoms with Gasteiger partial charge in [0.05, 0.1) is 12.7 Å². The molecule has 2 amide bonds. The zero-order valence-corrected chi connectivity index (χ0v) is 16.2. The smallest absolute Gasteiger partial charge is 0.267 e. The first-order chi connectivity index (χ1) is 12.4. The van der Waals surface area contributed by atoms with E-state index in [1.165, 1.54) is 6.07 Å². The summed E-state index contributed by atoms with van der Waals surface area (Å²) in [7, 11) is 0. The van der Waals surface area contributed by atoms with Crippen molar-refractivity contribution in [1.82, 2.24) is 10.3 Å². The van der Waals surface area contributed by atoms with Crippen molar-refractivity contribution in [3.8, 4) is 0 Å². The Morgan fingerprint density at radius 3 is 2.74 bits per heavy atom. The largest absolute Gasteiger partial charge is 0.371 e. The highest BCUT2D eigenvalue weighted by molar-refractivity contribution is 6.31. The minimum Gasteiger partial charge on any atom is -0.371 e. The number of anilines is 1. The van der Waals surface area contributed by atoms with Crippen LogP contribution >= 0.6 is 24.0 Å². The third-order valence-electron chi connectivity index (χ3n) is 4.00. The fraction of sp³-hybridized carbons (Fsp3) is 0.278. The molecule has 1 aromatic carbocycles. The molecule has 0 bridgehead atoms. The van der Waals surface area contributed by atoms with Gasteiger partial charge in [-0.05, 0) is 31.2 Å². The molecule has 1 aliphatic rings. The molecule has 2 heterocycles. The van der Waals surface area contributed by atoms with Crippen molar-refractivity contribution >= 4 is 41.5 Å². The second kappa shape index (κ2) is 9.14. The molecule has 4 N–H and O–H groups in total. The van der Waals surface area contributed by atoms with E-state index in [9.17, 15) is 9.59 Å². The molecule has 3 rings (SSSR count). The number of carbonyl (C=O) groups excluding carboxylic acids is 2. The number of hydrogen-bond donors (Lipinski definition) is 3. The summed E-state index contributed by atoms with van der Waals surface area (Å²) >= 11 is 6.35. The van der Waals surface area contributed by atoms with Crippen molar-refractivity contribution in [2.75, 3.05) is 25.0 Å². The van der Waals surface area contributed by atoms with Crippen LogP contribution in [0.3, 0.4) is 0 Å². The number of nitrogens with zero attached hydrogens (tertiary/aromatic N) is 1. The number of hydrogen-bond acceptors (Lipinski definition) is 5. The lowest BCUT2D eigenvalue weighted by atomic mass is 10.1. The van der Waals surface area contributed by atoms with Crippen molar-refractivity contribution < 1.29 is 14.3 Å². The van der Waals surface area contributed by atoms with Crippen LogP contribution in [0.5, 0.6) is 0 Å². The predicted molar refractivity (Wildman–Crippen MR) is 106 cm³/mol. The molecule has 9 heteroatoms. The van der Waals surface area contributed by atoms with Crippen molar-refractivity contribution in [3.05, 3.63) is 57.9 Å². The normalized spacial score (nSPS) is 16.3. The van der Waals surface area contributed by atoms with Gasteiger partial charge in [-0.1, -0.05) is 17.7 Å². The first-order valence-electron chi connectivity index (χ1n) is 8.15. The SMILES string of the molecule is Cc1cc(C(=O)Nc2ccc([C@H]3CNCCO3)c(Cl)c2)cc(C(N)=O)n1.Cl. The molecule has 2 aromatic rings. The van der Waals surface area contributed by atoms with Crippen molar-refractivity contribution in [1.29, 1.82) is 0 Å². The van der Waals surface area contributed by atoms with Crippen molar-refractivity contribution in [2.24, 2.45) is 5.73 Å². The standard InChI is InChI=1S/C18H19ClN4O3.ClH/c1-10-6-11(7-15(22-10)17(20)24)18(25)23-12-2-3-13(14(19)8-12)16-9-21-4-5-26-16;/h2-3,6-8,16,21H,4-5,9H2,1H3,(H2,20,24)(H,23,25);1H/t16-;/m1./s1.